The Hall–Kier alpha value is -1.55. The van der Waals surface area contributed by atoms with E-state index in [-0.39, 0.29) is 11.9 Å². The number of carbonyl (C=O) groups excluding carboxylic acids is 1. The molecule has 3 N–H and O–H groups in total. The van der Waals surface area contributed by atoms with Gasteiger partial charge in [-0.15, -0.1) is 0 Å². The van der Waals surface area contributed by atoms with E-state index in [1.165, 1.54) is 11.3 Å². The van der Waals surface area contributed by atoms with Gasteiger partial charge in [0, 0.05) is 37.8 Å². The van der Waals surface area contributed by atoms with Crippen LogP contribution in [0.25, 0.3) is 0 Å². The molecule has 1 amide bonds. The lowest BCUT2D eigenvalue weighted by Crippen LogP contribution is -2.48. The zero-order valence-electron chi connectivity index (χ0n) is 13.1. The number of fused-ring (bicyclic) bond motifs is 1. The first kappa shape index (κ1) is 15.8. The van der Waals surface area contributed by atoms with Gasteiger partial charge in [0.1, 0.15) is 0 Å². The normalized spacial score (nSPS) is 19.0. The van der Waals surface area contributed by atoms with Crippen molar-refractivity contribution in [2.75, 3.05) is 24.5 Å². The molecular weight excluding hydrogens is 262 g/mol. The smallest absolute Gasteiger partial charge is 0.222 e. The lowest BCUT2D eigenvalue weighted by molar-refractivity contribution is -0.121. The number of hydrogen-bond acceptors (Lipinski definition) is 3. The van der Waals surface area contributed by atoms with Gasteiger partial charge < -0.3 is 16.0 Å². The molecule has 2 rings (SSSR count). The first-order valence-corrected chi connectivity index (χ1v) is 7.97. The molecule has 4 heteroatoms. The Bertz CT molecular complexity index is 475. The molecule has 2 atom stereocenters. The van der Waals surface area contributed by atoms with Gasteiger partial charge in [-0.3, -0.25) is 4.79 Å². The number of nitrogens with one attached hydrogen (secondary N) is 1. The van der Waals surface area contributed by atoms with Crippen molar-refractivity contribution < 1.29 is 4.79 Å². The van der Waals surface area contributed by atoms with Gasteiger partial charge >= 0.3 is 0 Å². The molecule has 0 aromatic heterocycles. The Balaban J connectivity index is 2.12. The van der Waals surface area contributed by atoms with Crippen molar-refractivity contribution in [2.45, 2.75) is 39.2 Å². The fraction of sp³-hybridized carbons (Fsp3) is 0.588. The van der Waals surface area contributed by atoms with Crippen LogP contribution in [0, 0.1) is 5.92 Å². The molecule has 0 fully saturated rings. The van der Waals surface area contributed by atoms with Crippen LogP contribution in [-0.2, 0) is 11.2 Å². The van der Waals surface area contributed by atoms with E-state index < -0.39 is 0 Å². The Kier molecular flexibility index (Phi) is 5.62. The predicted octanol–water partition coefficient (Wildman–Crippen LogP) is 1.93. The zero-order valence-corrected chi connectivity index (χ0v) is 13.1. The molecule has 0 bridgehead atoms. The molecule has 0 aliphatic carbocycles. The number of anilines is 1. The molecule has 116 valence electrons. The van der Waals surface area contributed by atoms with Gasteiger partial charge in [-0.25, -0.2) is 0 Å². The third kappa shape index (κ3) is 3.97. The topological polar surface area (TPSA) is 58.4 Å². The second-order valence-electron chi connectivity index (χ2n) is 6.03. The number of hydrogen-bond donors (Lipinski definition) is 2. The van der Waals surface area contributed by atoms with Gasteiger partial charge in [-0.1, -0.05) is 32.0 Å². The maximum Gasteiger partial charge on any atom is 0.222 e. The second kappa shape index (κ2) is 7.46. The fourth-order valence-corrected chi connectivity index (χ4v) is 3.05. The SMILES string of the molecule is CCCNC(=O)CC(CN)N1CC(C)Cc2ccccc21. The van der Waals surface area contributed by atoms with Gasteiger partial charge in [0.05, 0.1) is 0 Å². The summed E-state index contributed by atoms with van der Waals surface area (Å²) in [5, 5.41) is 2.95. The minimum Gasteiger partial charge on any atom is -0.366 e. The summed E-state index contributed by atoms with van der Waals surface area (Å²) in [5.41, 5.74) is 8.57. The quantitative estimate of drug-likeness (QED) is 0.841. The number of nitrogens with zero attached hydrogens (tertiary/aromatic N) is 1. The van der Waals surface area contributed by atoms with Crippen molar-refractivity contribution in [2.24, 2.45) is 11.7 Å². The van der Waals surface area contributed by atoms with Crippen molar-refractivity contribution in [1.29, 1.82) is 0 Å². The van der Waals surface area contributed by atoms with E-state index in [9.17, 15) is 4.79 Å². The van der Waals surface area contributed by atoms with Crippen LogP contribution in [0.5, 0.6) is 0 Å². The summed E-state index contributed by atoms with van der Waals surface area (Å²) in [6.07, 6.45) is 2.53. The maximum atomic E-state index is 12.0. The van der Waals surface area contributed by atoms with Crippen LogP contribution >= 0.6 is 0 Å². The average molecular weight is 289 g/mol. The van der Waals surface area contributed by atoms with Crippen LogP contribution in [0.3, 0.4) is 0 Å². The number of para-hydroxylation sites is 1. The molecule has 0 saturated heterocycles. The molecule has 0 spiro atoms. The maximum absolute atomic E-state index is 12.0. The van der Waals surface area contributed by atoms with Crippen molar-refractivity contribution in [3.05, 3.63) is 29.8 Å². The molecular formula is C17H27N3O. The summed E-state index contributed by atoms with van der Waals surface area (Å²) in [7, 11) is 0. The van der Waals surface area contributed by atoms with Crippen LogP contribution < -0.4 is 16.0 Å². The summed E-state index contributed by atoms with van der Waals surface area (Å²) in [4.78, 5) is 14.3. The minimum atomic E-state index is 0.0748. The van der Waals surface area contributed by atoms with Crippen molar-refractivity contribution in [3.8, 4) is 0 Å². The third-order valence-electron chi connectivity index (χ3n) is 4.08. The first-order chi connectivity index (χ1) is 10.2. The van der Waals surface area contributed by atoms with Gasteiger partial charge in [0.25, 0.3) is 0 Å². The third-order valence-corrected chi connectivity index (χ3v) is 4.08. The fourth-order valence-electron chi connectivity index (χ4n) is 3.05. The number of amides is 1. The molecule has 1 heterocycles. The van der Waals surface area contributed by atoms with Crippen LogP contribution in [0.4, 0.5) is 5.69 Å². The van der Waals surface area contributed by atoms with E-state index in [0.29, 0.717) is 18.9 Å². The van der Waals surface area contributed by atoms with Crippen molar-refractivity contribution in [3.63, 3.8) is 0 Å². The molecule has 1 aromatic rings. The van der Waals surface area contributed by atoms with E-state index in [1.54, 1.807) is 0 Å². The summed E-state index contributed by atoms with van der Waals surface area (Å²) < 4.78 is 0. The molecule has 1 aliphatic rings. The minimum absolute atomic E-state index is 0.0748. The Morgan fingerprint density at radius 1 is 1.48 bits per heavy atom. The summed E-state index contributed by atoms with van der Waals surface area (Å²) >= 11 is 0. The van der Waals surface area contributed by atoms with E-state index in [1.807, 2.05) is 0 Å². The Morgan fingerprint density at radius 3 is 2.95 bits per heavy atom. The highest BCUT2D eigenvalue weighted by Gasteiger charge is 2.27. The lowest BCUT2D eigenvalue weighted by Gasteiger charge is -2.40. The monoisotopic (exact) mass is 289 g/mol. The largest absolute Gasteiger partial charge is 0.366 e. The highest BCUT2D eigenvalue weighted by molar-refractivity contribution is 5.77. The van der Waals surface area contributed by atoms with Crippen LogP contribution in [0.15, 0.2) is 24.3 Å². The predicted molar refractivity (Wildman–Crippen MR) is 87.4 cm³/mol. The summed E-state index contributed by atoms with van der Waals surface area (Å²) in [6, 6.07) is 8.55. The van der Waals surface area contributed by atoms with Gasteiger partial charge in [0.15, 0.2) is 0 Å². The van der Waals surface area contributed by atoms with Crippen LogP contribution in [-0.4, -0.2) is 31.6 Å². The summed E-state index contributed by atoms with van der Waals surface area (Å²) in [6.45, 7) is 6.53. The van der Waals surface area contributed by atoms with Gasteiger partial charge in [0.2, 0.25) is 5.91 Å². The van der Waals surface area contributed by atoms with E-state index in [4.69, 9.17) is 5.73 Å². The number of carbonyl (C=O) groups is 1. The highest BCUT2D eigenvalue weighted by atomic mass is 16.1. The average Bonchev–Trinajstić information content (AvgIpc) is 2.49. The molecule has 1 aromatic carbocycles. The molecule has 0 radical (unpaired) electrons. The standard InChI is InChI=1S/C17H27N3O/c1-3-8-19-17(21)10-15(11-18)20-12-13(2)9-14-6-4-5-7-16(14)20/h4-7,13,15H,3,8-12,18H2,1-2H3,(H,19,21). The number of nitrogens with two attached hydrogens (primary N) is 1. The van der Waals surface area contributed by atoms with Crippen LogP contribution in [0.1, 0.15) is 32.3 Å². The highest BCUT2D eigenvalue weighted by Crippen LogP contribution is 2.31. The molecule has 1 aliphatic heterocycles. The van der Waals surface area contributed by atoms with Crippen molar-refractivity contribution >= 4 is 11.6 Å². The summed E-state index contributed by atoms with van der Waals surface area (Å²) in [5.74, 6) is 0.690. The van der Waals surface area contributed by atoms with Crippen LogP contribution in [0.2, 0.25) is 0 Å². The number of rotatable bonds is 6. The second-order valence-corrected chi connectivity index (χ2v) is 6.03. The molecule has 0 saturated carbocycles. The van der Waals surface area contributed by atoms with E-state index >= 15 is 0 Å². The van der Waals surface area contributed by atoms with Gasteiger partial charge in [-0.05, 0) is 30.4 Å². The Morgan fingerprint density at radius 2 is 2.24 bits per heavy atom. The molecule has 2 unspecified atom stereocenters. The van der Waals surface area contributed by atoms with Gasteiger partial charge in [-0.2, -0.15) is 0 Å². The zero-order chi connectivity index (χ0) is 15.2. The van der Waals surface area contributed by atoms with Crippen molar-refractivity contribution in [1.82, 2.24) is 5.32 Å². The molecule has 4 nitrogen and oxygen atoms in total. The van der Waals surface area contributed by atoms with E-state index in [0.717, 1.165) is 25.9 Å². The molecule has 21 heavy (non-hydrogen) atoms. The Labute approximate surface area is 127 Å². The van der Waals surface area contributed by atoms with E-state index in [2.05, 4.69) is 48.3 Å². The lowest BCUT2D eigenvalue weighted by atomic mass is 9.92. The first-order valence-electron chi connectivity index (χ1n) is 7.97. The number of benzene rings is 1.